The second-order valence-corrected chi connectivity index (χ2v) is 8.43. The number of benzene rings is 2. The molecule has 29 heavy (non-hydrogen) atoms. The predicted octanol–water partition coefficient (Wildman–Crippen LogP) is 4.94. The molecular weight excluding hydrogens is 382 g/mol. The van der Waals surface area contributed by atoms with E-state index >= 15 is 0 Å². The van der Waals surface area contributed by atoms with Gasteiger partial charge in [0.05, 0.1) is 16.3 Å². The highest BCUT2D eigenvalue weighted by Gasteiger charge is 2.32. The number of aryl methyl sites for hydroxylation is 1. The van der Waals surface area contributed by atoms with Crippen molar-refractivity contribution in [3.05, 3.63) is 59.1 Å². The lowest BCUT2D eigenvalue weighted by molar-refractivity contribution is -0.133. The van der Waals surface area contributed by atoms with Gasteiger partial charge in [-0.25, -0.2) is 4.98 Å². The number of carbonyl (C=O) groups is 2. The molecule has 0 bridgehead atoms. The first kappa shape index (κ1) is 19.6. The normalized spacial score (nSPS) is 16.3. The van der Waals surface area contributed by atoms with E-state index in [1.807, 2.05) is 47.4 Å². The third kappa shape index (κ3) is 4.48. The summed E-state index contributed by atoms with van der Waals surface area (Å²) in [5.74, 6) is -0.0958. The number of rotatable bonds is 6. The second-order valence-electron chi connectivity index (χ2n) is 7.36. The number of para-hydroxylation sites is 1. The van der Waals surface area contributed by atoms with E-state index in [1.54, 1.807) is 11.3 Å². The zero-order valence-corrected chi connectivity index (χ0v) is 17.4. The Labute approximate surface area is 174 Å². The lowest BCUT2D eigenvalue weighted by Gasteiger charge is -2.23. The fourth-order valence-electron chi connectivity index (χ4n) is 3.77. The molecular formula is C23H25N3O2S. The van der Waals surface area contributed by atoms with E-state index in [0.717, 1.165) is 46.7 Å². The summed E-state index contributed by atoms with van der Waals surface area (Å²) in [6.07, 6.45) is 3.29. The molecule has 0 spiro atoms. The Morgan fingerprint density at radius 1 is 1.14 bits per heavy atom. The summed E-state index contributed by atoms with van der Waals surface area (Å²) in [5.41, 5.74) is 2.99. The molecule has 1 aliphatic rings. The van der Waals surface area contributed by atoms with E-state index in [9.17, 15) is 9.59 Å². The van der Waals surface area contributed by atoms with Crippen LogP contribution in [0.5, 0.6) is 0 Å². The van der Waals surface area contributed by atoms with Gasteiger partial charge in [-0.05, 0) is 49.1 Å². The van der Waals surface area contributed by atoms with Crippen molar-refractivity contribution >= 4 is 39.1 Å². The SMILES string of the molecule is CCc1ccc(NC(=O)CCC(=O)N2CCC[C@@H]2c2nc3ccccc3s2)cc1. The number of hydrogen-bond acceptors (Lipinski definition) is 4. The maximum absolute atomic E-state index is 12.8. The van der Waals surface area contributed by atoms with Crippen molar-refractivity contribution < 1.29 is 9.59 Å². The summed E-state index contributed by atoms with van der Waals surface area (Å²) in [7, 11) is 0. The van der Waals surface area contributed by atoms with Crippen LogP contribution in [0.4, 0.5) is 5.69 Å². The number of anilines is 1. The summed E-state index contributed by atoms with van der Waals surface area (Å²) < 4.78 is 1.15. The zero-order valence-electron chi connectivity index (χ0n) is 16.6. The van der Waals surface area contributed by atoms with Crippen molar-refractivity contribution in [3.63, 3.8) is 0 Å². The molecule has 2 aromatic carbocycles. The average Bonchev–Trinajstić information content (AvgIpc) is 3.39. The summed E-state index contributed by atoms with van der Waals surface area (Å²) >= 11 is 1.66. The van der Waals surface area contributed by atoms with E-state index in [2.05, 4.69) is 18.3 Å². The topological polar surface area (TPSA) is 62.3 Å². The Kier molecular flexibility index (Phi) is 5.90. The Bertz CT molecular complexity index is 979. The highest BCUT2D eigenvalue weighted by Crippen LogP contribution is 2.36. The average molecular weight is 408 g/mol. The minimum Gasteiger partial charge on any atom is -0.333 e. The number of nitrogens with one attached hydrogen (secondary N) is 1. The number of carbonyl (C=O) groups excluding carboxylic acids is 2. The molecule has 1 atom stereocenters. The van der Waals surface area contributed by atoms with Gasteiger partial charge in [0.1, 0.15) is 5.01 Å². The van der Waals surface area contributed by atoms with Crippen LogP contribution in [-0.2, 0) is 16.0 Å². The van der Waals surface area contributed by atoms with Gasteiger partial charge in [-0.3, -0.25) is 9.59 Å². The number of thiazole rings is 1. The number of aromatic nitrogens is 1. The molecule has 6 heteroatoms. The molecule has 0 saturated carbocycles. The Balaban J connectivity index is 1.35. The number of fused-ring (bicyclic) bond motifs is 1. The van der Waals surface area contributed by atoms with E-state index < -0.39 is 0 Å². The van der Waals surface area contributed by atoms with E-state index in [0.29, 0.717) is 0 Å². The smallest absolute Gasteiger partial charge is 0.224 e. The van der Waals surface area contributed by atoms with Crippen LogP contribution in [0.2, 0.25) is 0 Å². The van der Waals surface area contributed by atoms with Crippen LogP contribution in [0.1, 0.15) is 49.2 Å². The standard InChI is InChI=1S/C23H25N3O2S/c1-2-16-9-11-17(12-10-16)24-21(27)13-14-22(28)26-15-5-7-19(26)23-25-18-6-3-4-8-20(18)29-23/h3-4,6,8-12,19H,2,5,7,13-15H2,1H3,(H,24,27)/t19-/m1/s1. The van der Waals surface area contributed by atoms with E-state index in [1.165, 1.54) is 5.56 Å². The van der Waals surface area contributed by atoms with Crippen molar-refractivity contribution in [2.24, 2.45) is 0 Å². The van der Waals surface area contributed by atoms with Gasteiger partial charge >= 0.3 is 0 Å². The van der Waals surface area contributed by atoms with Crippen molar-refractivity contribution in [2.75, 3.05) is 11.9 Å². The molecule has 3 aromatic rings. The van der Waals surface area contributed by atoms with Crippen LogP contribution in [0.15, 0.2) is 48.5 Å². The van der Waals surface area contributed by atoms with Crippen molar-refractivity contribution in [3.8, 4) is 0 Å². The Hall–Kier alpha value is -2.73. The summed E-state index contributed by atoms with van der Waals surface area (Å²) in [5, 5.41) is 3.88. The molecule has 4 rings (SSSR count). The van der Waals surface area contributed by atoms with E-state index in [4.69, 9.17) is 4.98 Å². The first-order valence-corrected chi connectivity index (χ1v) is 11.0. The van der Waals surface area contributed by atoms with Gasteiger partial charge in [-0.2, -0.15) is 0 Å². The summed E-state index contributed by atoms with van der Waals surface area (Å²) in [6, 6.07) is 15.9. The highest BCUT2D eigenvalue weighted by molar-refractivity contribution is 7.18. The Morgan fingerprint density at radius 3 is 2.69 bits per heavy atom. The fraction of sp³-hybridized carbons (Fsp3) is 0.348. The molecule has 5 nitrogen and oxygen atoms in total. The minimum absolute atomic E-state index is 0.0308. The molecule has 0 aliphatic carbocycles. The van der Waals surface area contributed by atoms with Crippen molar-refractivity contribution in [1.82, 2.24) is 9.88 Å². The molecule has 1 fully saturated rings. The maximum atomic E-state index is 12.8. The number of hydrogen-bond donors (Lipinski definition) is 1. The maximum Gasteiger partial charge on any atom is 0.224 e. The Morgan fingerprint density at radius 2 is 1.93 bits per heavy atom. The van der Waals surface area contributed by atoms with Crippen LogP contribution in [0, 0.1) is 0 Å². The number of likely N-dealkylation sites (tertiary alicyclic amines) is 1. The van der Waals surface area contributed by atoms with Gasteiger partial charge in [0, 0.05) is 25.1 Å². The minimum atomic E-state index is -0.127. The molecule has 1 N–H and O–H groups in total. The monoisotopic (exact) mass is 407 g/mol. The van der Waals surface area contributed by atoms with Crippen LogP contribution < -0.4 is 5.32 Å². The number of nitrogens with zero attached hydrogens (tertiary/aromatic N) is 2. The molecule has 0 unspecified atom stereocenters. The van der Waals surface area contributed by atoms with Crippen LogP contribution in [0.25, 0.3) is 10.2 Å². The van der Waals surface area contributed by atoms with Crippen molar-refractivity contribution in [2.45, 2.75) is 45.1 Å². The largest absolute Gasteiger partial charge is 0.333 e. The van der Waals surface area contributed by atoms with Crippen LogP contribution in [-0.4, -0.2) is 28.2 Å². The molecule has 2 heterocycles. The molecule has 0 radical (unpaired) electrons. The van der Waals surface area contributed by atoms with Crippen molar-refractivity contribution in [1.29, 1.82) is 0 Å². The quantitative estimate of drug-likeness (QED) is 0.629. The molecule has 1 aromatic heterocycles. The first-order chi connectivity index (χ1) is 14.1. The predicted molar refractivity (Wildman–Crippen MR) is 117 cm³/mol. The van der Waals surface area contributed by atoms with Gasteiger partial charge in [0.2, 0.25) is 11.8 Å². The van der Waals surface area contributed by atoms with Gasteiger partial charge in [-0.1, -0.05) is 31.2 Å². The lowest BCUT2D eigenvalue weighted by Crippen LogP contribution is -2.31. The zero-order chi connectivity index (χ0) is 20.2. The van der Waals surface area contributed by atoms with Gasteiger partial charge < -0.3 is 10.2 Å². The highest BCUT2D eigenvalue weighted by atomic mass is 32.1. The number of amides is 2. The van der Waals surface area contributed by atoms with Crippen LogP contribution >= 0.6 is 11.3 Å². The van der Waals surface area contributed by atoms with Crippen LogP contribution in [0.3, 0.4) is 0 Å². The third-order valence-electron chi connectivity index (χ3n) is 5.38. The molecule has 1 saturated heterocycles. The molecule has 2 amide bonds. The summed E-state index contributed by atoms with van der Waals surface area (Å²) in [6.45, 7) is 2.83. The third-order valence-corrected chi connectivity index (χ3v) is 6.52. The lowest BCUT2D eigenvalue weighted by atomic mass is 10.1. The second kappa shape index (κ2) is 8.74. The summed E-state index contributed by atoms with van der Waals surface area (Å²) in [4.78, 5) is 31.7. The van der Waals surface area contributed by atoms with Gasteiger partial charge in [0.25, 0.3) is 0 Å². The molecule has 1 aliphatic heterocycles. The molecule has 150 valence electrons. The van der Waals surface area contributed by atoms with Gasteiger partial charge in [-0.15, -0.1) is 11.3 Å². The first-order valence-electron chi connectivity index (χ1n) is 10.2. The fourth-order valence-corrected chi connectivity index (χ4v) is 4.88. The van der Waals surface area contributed by atoms with Gasteiger partial charge in [0.15, 0.2) is 0 Å². The van der Waals surface area contributed by atoms with E-state index in [-0.39, 0.29) is 30.7 Å².